The van der Waals surface area contributed by atoms with Gasteiger partial charge in [-0.05, 0) is 32.8 Å². The quantitative estimate of drug-likeness (QED) is 0.784. The van der Waals surface area contributed by atoms with Crippen molar-refractivity contribution in [2.45, 2.75) is 52.7 Å². The Hall–Kier alpha value is -1.95. The first kappa shape index (κ1) is 16.5. The first-order valence-electron chi connectivity index (χ1n) is 8.94. The number of nitrogens with zero attached hydrogens (tertiary/aromatic N) is 3. The lowest BCUT2D eigenvalue weighted by Crippen LogP contribution is -2.65. The molecule has 1 saturated carbocycles. The van der Waals surface area contributed by atoms with E-state index >= 15 is 0 Å². The Bertz CT molecular complexity index is 855. The van der Waals surface area contributed by atoms with Gasteiger partial charge in [0.15, 0.2) is 5.65 Å². The summed E-state index contributed by atoms with van der Waals surface area (Å²) in [6.07, 6.45) is 2.18. The largest absolute Gasteiger partial charge is 0.458 e. The summed E-state index contributed by atoms with van der Waals surface area (Å²) >= 11 is 0. The predicted molar refractivity (Wildman–Crippen MR) is 93.4 cm³/mol. The van der Waals surface area contributed by atoms with Gasteiger partial charge in [-0.1, -0.05) is 13.8 Å². The number of ether oxygens (including phenoxy) is 2. The van der Waals surface area contributed by atoms with Crippen molar-refractivity contribution in [3.8, 4) is 0 Å². The minimum Gasteiger partial charge on any atom is -0.458 e. The molecule has 3 heterocycles. The summed E-state index contributed by atoms with van der Waals surface area (Å²) in [5, 5.41) is 5.19. The summed E-state index contributed by atoms with van der Waals surface area (Å²) in [4.78, 5) is 17.5. The van der Waals surface area contributed by atoms with Crippen LogP contribution in [0.15, 0.2) is 6.07 Å². The van der Waals surface area contributed by atoms with E-state index in [4.69, 9.17) is 9.47 Å². The lowest BCUT2D eigenvalue weighted by atomic mass is 9.56. The maximum Gasteiger partial charge on any atom is 0.339 e. The number of esters is 1. The summed E-state index contributed by atoms with van der Waals surface area (Å²) in [6.45, 7) is 8.84. The van der Waals surface area contributed by atoms with Crippen LogP contribution in [0, 0.1) is 25.2 Å². The lowest BCUT2D eigenvalue weighted by Gasteiger charge is -2.58. The maximum absolute atomic E-state index is 13.0. The molecule has 4 rings (SSSR count). The smallest absolute Gasteiger partial charge is 0.339 e. The highest BCUT2D eigenvalue weighted by molar-refractivity contribution is 6.04. The number of hydrogen-bond acceptors (Lipinski definition) is 5. The van der Waals surface area contributed by atoms with E-state index in [1.165, 1.54) is 0 Å². The number of rotatable bonds is 2. The highest BCUT2D eigenvalue weighted by Gasteiger charge is 2.60. The Balaban J connectivity index is 1.67. The van der Waals surface area contributed by atoms with Crippen LogP contribution in [0.2, 0.25) is 0 Å². The van der Waals surface area contributed by atoms with Crippen LogP contribution < -0.4 is 0 Å². The van der Waals surface area contributed by atoms with Crippen molar-refractivity contribution >= 4 is 17.0 Å². The van der Waals surface area contributed by atoms with Crippen molar-refractivity contribution in [3.63, 3.8) is 0 Å². The summed E-state index contributed by atoms with van der Waals surface area (Å²) in [6, 6.07) is 1.81. The molecule has 2 fully saturated rings. The number of pyridine rings is 1. The van der Waals surface area contributed by atoms with Gasteiger partial charge < -0.3 is 9.47 Å². The Kier molecular flexibility index (Phi) is 3.65. The highest BCUT2D eigenvalue weighted by Crippen LogP contribution is 2.53. The molecule has 1 saturated heterocycles. The molecule has 6 heteroatoms. The second-order valence-corrected chi connectivity index (χ2v) is 7.96. The molecule has 134 valence electrons. The standard InChI is InChI=1S/C19H25N3O3/c1-10-9-13(14-11(2)21-22(5)17(14)20-10)18(23)25-16-12-7-6-8-24-15(12)19(16,3)4/h9,12,15-16H,6-8H2,1-5H3/t12-,15-,16-/m1/s1. The third-order valence-electron chi connectivity index (χ3n) is 5.77. The minimum absolute atomic E-state index is 0.106. The number of fused-ring (bicyclic) bond motifs is 2. The molecular formula is C19H25N3O3. The monoisotopic (exact) mass is 343 g/mol. The fourth-order valence-electron chi connectivity index (χ4n) is 4.63. The molecule has 6 nitrogen and oxygen atoms in total. The zero-order valence-electron chi connectivity index (χ0n) is 15.5. The van der Waals surface area contributed by atoms with E-state index in [-0.39, 0.29) is 23.6 Å². The van der Waals surface area contributed by atoms with Gasteiger partial charge in [0, 0.05) is 30.7 Å². The SMILES string of the molecule is Cc1cc(C(=O)O[C@@H]2[C@@H]3CCCO[C@H]3C2(C)C)c2c(C)nn(C)c2n1. The van der Waals surface area contributed by atoms with Crippen molar-refractivity contribution in [1.82, 2.24) is 14.8 Å². The highest BCUT2D eigenvalue weighted by atomic mass is 16.6. The summed E-state index contributed by atoms with van der Waals surface area (Å²) in [5.74, 6) is 0.0230. The fraction of sp³-hybridized carbons (Fsp3) is 0.632. The Labute approximate surface area is 147 Å². The normalized spacial score (nSPS) is 27.6. The first-order valence-corrected chi connectivity index (χ1v) is 8.94. The third kappa shape index (κ3) is 2.38. The van der Waals surface area contributed by atoms with Gasteiger partial charge >= 0.3 is 5.97 Å². The van der Waals surface area contributed by atoms with Gasteiger partial charge in [0.2, 0.25) is 0 Å². The molecule has 2 aliphatic rings. The van der Waals surface area contributed by atoms with Crippen LogP contribution in [-0.2, 0) is 16.5 Å². The molecule has 2 aromatic heterocycles. The van der Waals surface area contributed by atoms with E-state index in [2.05, 4.69) is 23.9 Å². The van der Waals surface area contributed by atoms with Crippen LogP contribution in [0.25, 0.3) is 11.0 Å². The van der Waals surface area contributed by atoms with Crippen LogP contribution in [0.5, 0.6) is 0 Å². The average molecular weight is 343 g/mol. The molecule has 0 aromatic carbocycles. The van der Waals surface area contributed by atoms with Gasteiger partial charge in [-0.25, -0.2) is 9.78 Å². The second kappa shape index (κ2) is 5.53. The van der Waals surface area contributed by atoms with Crippen molar-refractivity contribution in [3.05, 3.63) is 23.0 Å². The minimum atomic E-state index is -0.284. The molecule has 2 aromatic rings. The van der Waals surface area contributed by atoms with Crippen molar-refractivity contribution in [2.24, 2.45) is 18.4 Å². The molecule has 1 aliphatic carbocycles. The first-order chi connectivity index (χ1) is 11.8. The molecule has 0 spiro atoms. The Morgan fingerprint density at radius 2 is 2.16 bits per heavy atom. The Morgan fingerprint density at radius 1 is 1.40 bits per heavy atom. The number of hydrogen-bond donors (Lipinski definition) is 0. The molecular weight excluding hydrogens is 318 g/mol. The van der Waals surface area contributed by atoms with Gasteiger partial charge in [0.1, 0.15) is 6.10 Å². The van der Waals surface area contributed by atoms with Crippen molar-refractivity contribution in [1.29, 1.82) is 0 Å². The average Bonchev–Trinajstić information content (AvgIpc) is 2.86. The summed E-state index contributed by atoms with van der Waals surface area (Å²) in [7, 11) is 1.84. The third-order valence-corrected chi connectivity index (χ3v) is 5.77. The molecule has 0 bridgehead atoms. The molecule has 1 aliphatic heterocycles. The van der Waals surface area contributed by atoms with E-state index in [9.17, 15) is 4.79 Å². The number of carbonyl (C=O) groups is 1. The van der Waals surface area contributed by atoms with Gasteiger partial charge in [-0.2, -0.15) is 5.10 Å². The number of aryl methyl sites for hydroxylation is 3. The van der Waals surface area contributed by atoms with Crippen LogP contribution in [0.1, 0.15) is 48.4 Å². The van der Waals surface area contributed by atoms with Gasteiger partial charge in [-0.3, -0.25) is 4.68 Å². The van der Waals surface area contributed by atoms with E-state index in [0.717, 1.165) is 41.9 Å². The number of carbonyl (C=O) groups excluding carboxylic acids is 1. The maximum atomic E-state index is 13.0. The van der Waals surface area contributed by atoms with E-state index in [1.807, 2.05) is 20.9 Å². The zero-order valence-corrected chi connectivity index (χ0v) is 15.5. The fourth-order valence-corrected chi connectivity index (χ4v) is 4.63. The van der Waals surface area contributed by atoms with Gasteiger partial charge in [0.05, 0.1) is 22.7 Å². The lowest BCUT2D eigenvalue weighted by molar-refractivity contribution is -0.243. The second-order valence-electron chi connectivity index (χ2n) is 7.96. The van der Waals surface area contributed by atoms with Crippen LogP contribution in [0.4, 0.5) is 0 Å². The molecule has 0 amide bonds. The topological polar surface area (TPSA) is 66.2 Å². The van der Waals surface area contributed by atoms with Crippen LogP contribution in [-0.4, -0.2) is 39.5 Å². The summed E-state index contributed by atoms with van der Waals surface area (Å²) in [5.41, 5.74) is 2.71. The molecule has 3 atom stereocenters. The van der Waals surface area contributed by atoms with Crippen molar-refractivity contribution < 1.29 is 14.3 Å². The van der Waals surface area contributed by atoms with Crippen molar-refractivity contribution in [2.75, 3.05) is 6.61 Å². The Morgan fingerprint density at radius 3 is 2.92 bits per heavy atom. The van der Waals surface area contributed by atoms with E-state index in [1.54, 1.807) is 10.7 Å². The summed E-state index contributed by atoms with van der Waals surface area (Å²) < 4.78 is 13.6. The zero-order chi connectivity index (χ0) is 17.9. The molecule has 0 radical (unpaired) electrons. The molecule has 25 heavy (non-hydrogen) atoms. The predicted octanol–water partition coefficient (Wildman–Crippen LogP) is 2.95. The van der Waals surface area contributed by atoms with E-state index < -0.39 is 0 Å². The van der Waals surface area contributed by atoms with Crippen LogP contribution in [0.3, 0.4) is 0 Å². The van der Waals surface area contributed by atoms with Gasteiger partial charge in [-0.15, -0.1) is 0 Å². The van der Waals surface area contributed by atoms with Gasteiger partial charge in [0.25, 0.3) is 0 Å². The van der Waals surface area contributed by atoms with E-state index in [0.29, 0.717) is 11.5 Å². The molecule has 0 N–H and O–H groups in total. The van der Waals surface area contributed by atoms with Crippen LogP contribution >= 0.6 is 0 Å². The molecule has 0 unspecified atom stereocenters. The number of aromatic nitrogens is 3.